The van der Waals surface area contributed by atoms with E-state index in [4.69, 9.17) is 13.2 Å². The molecule has 4 heteroatoms. The lowest BCUT2D eigenvalue weighted by molar-refractivity contribution is 0.0855. The molecular formula is C3H8O2S2. The Morgan fingerprint density at radius 3 is 2.71 bits per heavy atom. The highest BCUT2D eigenvalue weighted by Crippen LogP contribution is 2.45. The third kappa shape index (κ3) is 1.05. The van der Waals surface area contributed by atoms with Crippen molar-refractivity contribution in [2.45, 2.75) is 10.4 Å². The lowest BCUT2D eigenvalue weighted by Gasteiger charge is -2.05. The van der Waals surface area contributed by atoms with Crippen LogP contribution in [-0.4, -0.2) is 26.3 Å². The van der Waals surface area contributed by atoms with E-state index < -0.39 is 10.4 Å². The van der Waals surface area contributed by atoms with Crippen molar-refractivity contribution in [2.24, 2.45) is 0 Å². The number of rotatable bonds is 1. The summed E-state index contributed by atoms with van der Waals surface area (Å²) in [7, 11) is 0. The molecular weight excluding hydrogens is 132 g/mol. The lowest BCUT2D eigenvalue weighted by atomic mass is 10.4. The molecule has 0 aromatic carbocycles. The molecule has 0 aromatic heterocycles. The minimum Gasteiger partial charge on any atom is -0.379 e. The molecule has 1 aliphatic heterocycles. The fourth-order valence-corrected chi connectivity index (χ4v) is 1.12. The Morgan fingerprint density at radius 1 is 2.29 bits per heavy atom. The van der Waals surface area contributed by atoms with Crippen molar-refractivity contribution in [3.8, 4) is 0 Å². The van der Waals surface area contributed by atoms with Gasteiger partial charge in [-0.3, -0.25) is 0 Å². The number of aliphatic hydroxyl groups is 2. The fraction of sp³-hybridized carbons (Fsp3) is 1.00. The van der Waals surface area contributed by atoms with Crippen LogP contribution in [0.1, 0.15) is 2.97 Å². The zero-order chi connectivity index (χ0) is 7.49. The summed E-state index contributed by atoms with van der Waals surface area (Å²) >= 11 is 4.93. The van der Waals surface area contributed by atoms with Crippen LogP contribution in [0.4, 0.5) is 0 Å². The smallest absolute Gasteiger partial charge is 0.154 e. The van der Waals surface area contributed by atoms with Gasteiger partial charge in [0.05, 0.1) is 0 Å². The molecule has 0 amide bonds. The summed E-state index contributed by atoms with van der Waals surface area (Å²) in [5.41, 5.74) is -0.877. The molecule has 0 spiro atoms. The maximum Gasteiger partial charge on any atom is 0.154 e. The fourth-order valence-electron chi connectivity index (χ4n) is 0.223. The van der Waals surface area contributed by atoms with Gasteiger partial charge in [-0.1, -0.05) is 0 Å². The zero-order valence-corrected chi connectivity index (χ0v) is 5.25. The molecule has 0 aromatic rings. The number of aliphatic hydroxyl groups excluding tert-OH is 1. The van der Waals surface area contributed by atoms with E-state index in [2.05, 4.69) is 12.6 Å². The van der Waals surface area contributed by atoms with Crippen LogP contribution in [0.25, 0.3) is 0 Å². The first-order valence-electron chi connectivity index (χ1n) is 2.88. The van der Waals surface area contributed by atoms with Crippen molar-refractivity contribution in [1.29, 1.82) is 0 Å². The van der Waals surface area contributed by atoms with Crippen LogP contribution in [0.5, 0.6) is 0 Å². The second-order valence-corrected chi connectivity index (χ2v) is 3.28. The van der Waals surface area contributed by atoms with Gasteiger partial charge in [-0.25, -0.2) is 0 Å². The molecule has 2 atom stereocenters. The molecule has 0 bridgehead atoms. The van der Waals surface area contributed by atoms with Crippen molar-refractivity contribution in [3.63, 3.8) is 0 Å². The van der Waals surface area contributed by atoms with Gasteiger partial charge in [0.15, 0.2) is 4.93 Å². The zero-order valence-electron chi connectivity index (χ0n) is 5.53. The molecule has 1 aliphatic rings. The molecule has 2 nitrogen and oxygen atoms in total. The molecule has 0 aliphatic carbocycles. The minimum atomic E-state index is -0.914. The molecule has 0 saturated carbocycles. The summed E-state index contributed by atoms with van der Waals surface area (Å²) in [6.07, 6.45) is 0. The highest BCUT2D eigenvalue weighted by atomic mass is 32.2. The van der Waals surface area contributed by atoms with Gasteiger partial charge in [0.1, 0.15) is 5.44 Å². The van der Waals surface area contributed by atoms with Gasteiger partial charge in [-0.05, 0) is 0 Å². The van der Waals surface area contributed by atoms with Crippen molar-refractivity contribution < 1.29 is 13.2 Å². The summed E-state index contributed by atoms with van der Waals surface area (Å²) in [4.78, 5) is -0.914. The quantitative estimate of drug-likeness (QED) is 0.273. The largest absolute Gasteiger partial charge is 0.379 e. The molecule has 1 saturated heterocycles. The summed E-state index contributed by atoms with van der Waals surface area (Å²) < 4.78 is 10.0. The number of thiol groups is 1. The minimum absolute atomic E-state index is 0.609. The Morgan fingerprint density at radius 2 is 2.71 bits per heavy atom. The summed E-state index contributed by atoms with van der Waals surface area (Å²) in [5, 5.41) is 17.4. The van der Waals surface area contributed by atoms with Gasteiger partial charge in [0, 0.05) is 8.72 Å². The van der Waals surface area contributed by atoms with Crippen LogP contribution in [0.15, 0.2) is 0 Å². The maximum absolute atomic E-state index is 8.84. The Kier molecular flexibility index (Phi) is 0.994. The van der Waals surface area contributed by atoms with Crippen LogP contribution in [0.3, 0.4) is 0 Å². The molecule has 1 rings (SSSR count). The topological polar surface area (TPSA) is 40.5 Å². The van der Waals surface area contributed by atoms with Crippen molar-refractivity contribution >= 4 is 24.4 Å². The monoisotopic (exact) mass is 143 g/mol. The summed E-state index contributed by atoms with van der Waals surface area (Å²) in [5.74, 6) is 0.609. The van der Waals surface area contributed by atoms with Crippen molar-refractivity contribution in [1.82, 2.24) is 0 Å². The van der Waals surface area contributed by atoms with Gasteiger partial charge in [-0.2, -0.15) is 0 Å². The first-order chi connectivity index (χ1) is 4.15. The Hall–Kier alpha value is 0.620. The van der Waals surface area contributed by atoms with E-state index >= 15 is 0 Å². The Balaban J connectivity index is 0.000000291. The van der Waals surface area contributed by atoms with Gasteiger partial charge in [-0.15, -0.1) is 24.4 Å². The standard InChI is InChI=1S/C3H6O2S2.H2/c4-2(6)3(5)1-7-3;/h2,4-6H,1H2;1H/i;1+2D. The van der Waals surface area contributed by atoms with Crippen LogP contribution < -0.4 is 0 Å². The third-order valence-corrected chi connectivity index (χ3v) is 2.55. The van der Waals surface area contributed by atoms with Gasteiger partial charge in [0.2, 0.25) is 0 Å². The van der Waals surface area contributed by atoms with E-state index in [-0.39, 0.29) is 0 Å². The highest BCUT2D eigenvalue weighted by Gasteiger charge is 2.47. The second-order valence-electron chi connectivity index (χ2n) is 1.51. The number of thioether (sulfide) groups is 1. The van der Waals surface area contributed by atoms with Crippen LogP contribution in [-0.2, 0) is 0 Å². The number of hydrogen-bond donors (Lipinski definition) is 3. The van der Waals surface area contributed by atoms with Crippen molar-refractivity contribution in [3.05, 3.63) is 0 Å². The van der Waals surface area contributed by atoms with Gasteiger partial charge in [0.25, 0.3) is 0 Å². The van der Waals surface area contributed by atoms with E-state index in [1.165, 1.54) is 11.8 Å². The predicted molar refractivity (Wildman–Crippen MR) is 34.5 cm³/mol. The summed E-state index contributed by atoms with van der Waals surface area (Å²) in [6, 6.07) is 0. The van der Waals surface area contributed by atoms with Crippen LogP contribution in [0, 0.1) is 0 Å². The molecule has 2 N–H and O–H groups in total. The molecule has 0 radical (unpaired) electrons. The average molecular weight is 143 g/mol. The molecule has 2 unspecified atom stereocenters. The molecule has 44 valence electrons. The van der Waals surface area contributed by atoms with E-state index in [1.807, 2.05) is 0 Å². The second kappa shape index (κ2) is 1.55. The highest BCUT2D eigenvalue weighted by molar-refractivity contribution is 8.08. The first kappa shape index (κ1) is 4.49. The van der Waals surface area contributed by atoms with Gasteiger partial charge < -0.3 is 10.2 Å². The number of hydrogen-bond acceptors (Lipinski definition) is 4. The van der Waals surface area contributed by atoms with Crippen LogP contribution >= 0.6 is 24.4 Å². The van der Waals surface area contributed by atoms with Gasteiger partial charge >= 0.3 is 0 Å². The molecule has 1 heterocycles. The Labute approximate surface area is 54.4 Å². The normalized spacial score (nSPS) is 44.4. The lowest BCUT2D eigenvalue weighted by Crippen LogP contribution is -2.21. The molecule has 7 heavy (non-hydrogen) atoms. The average Bonchev–Trinajstić information content (AvgIpc) is 2.55. The van der Waals surface area contributed by atoms with E-state index in [1.54, 1.807) is 0 Å². The summed E-state index contributed by atoms with van der Waals surface area (Å²) in [6.45, 7) is 0. The van der Waals surface area contributed by atoms with Crippen LogP contribution in [0.2, 0.25) is 0 Å². The Bertz CT molecular complexity index is 85.9. The van der Waals surface area contributed by atoms with E-state index in [0.29, 0.717) is 5.75 Å². The van der Waals surface area contributed by atoms with Crippen molar-refractivity contribution in [2.75, 3.05) is 5.75 Å². The molecule has 1 fully saturated rings. The van der Waals surface area contributed by atoms with E-state index in [9.17, 15) is 0 Å². The van der Waals surface area contributed by atoms with E-state index in [0.717, 1.165) is 0 Å². The predicted octanol–water partition coefficient (Wildman–Crippen LogP) is -0.0840. The SMILES string of the molecule is OC(S)C1(O)CS1.[2H][3H]. The third-order valence-electron chi connectivity index (χ3n) is 0.844. The maximum atomic E-state index is 8.84. The first-order valence-corrected chi connectivity index (χ1v) is 3.38.